The van der Waals surface area contributed by atoms with Crippen LogP contribution < -0.4 is 10.2 Å². The van der Waals surface area contributed by atoms with E-state index in [1.807, 2.05) is 30.3 Å². The number of carbonyl (C=O) groups excluding carboxylic acids is 3. The number of nitrogens with one attached hydrogen (secondary N) is 1. The maximum atomic E-state index is 13.1. The van der Waals surface area contributed by atoms with Crippen molar-refractivity contribution in [1.29, 1.82) is 0 Å². The third kappa shape index (κ3) is 3.90. The molecule has 3 aromatic rings. The highest BCUT2D eigenvalue weighted by atomic mass is 35.5. The summed E-state index contributed by atoms with van der Waals surface area (Å²) in [5.74, 6) is -1.58. The maximum absolute atomic E-state index is 13.1. The minimum absolute atomic E-state index is 0.0166. The first kappa shape index (κ1) is 20.6. The van der Waals surface area contributed by atoms with Crippen LogP contribution in [0.5, 0.6) is 0 Å². The maximum Gasteiger partial charge on any atom is 0.338 e. The van der Waals surface area contributed by atoms with Crippen molar-refractivity contribution in [2.75, 3.05) is 10.2 Å². The van der Waals surface area contributed by atoms with Crippen molar-refractivity contribution in [3.8, 4) is 0 Å². The van der Waals surface area contributed by atoms with E-state index >= 15 is 0 Å². The molecule has 0 spiro atoms. The van der Waals surface area contributed by atoms with Crippen LogP contribution in [0.3, 0.4) is 0 Å². The van der Waals surface area contributed by atoms with Gasteiger partial charge >= 0.3 is 5.97 Å². The molecule has 1 heterocycles. The predicted octanol–water partition coefficient (Wildman–Crippen LogP) is 4.84. The van der Waals surface area contributed by atoms with Crippen molar-refractivity contribution in [2.24, 2.45) is 0 Å². The first-order valence-corrected chi connectivity index (χ1v) is 10.1. The van der Waals surface area contributed by atoms with Crippen LogP contribution in [0.1, 0.15) is 24.2 Å². The Labute approximate surface area is 184 Å². The van der Waals surface area contributed by atoms with Gasteiger partial charge in [-0.15, -0.1) is 0 Å². The van der Waals surface area contributed by atoms with Gasteiger partial charge in [-0.25, -0.2) is 9.69 Å². The molecule has 0 atom stereocenters. The Morgan fingerprint density at radius 1 is 0.935 bits per heavy atom. The fraction of sp³-hybridized carbons (Fsp3) is 0.125. The number of hydrogen-bond donors (Lipinski definition) is 1. The highest BCUT2D eigenvalue weighted by molar-refractivity contribution is 6.53. The van der Waals surface area contributed by atoms with E-state index in [2.05, 4.69) is 5.32 Å². The standard InChI is InChI=1S/C24H19ClN2O4/c1-14(2)31-24(30)16-10-12-17(13-11-16)26-21-20(25)22(28)27(23(21)29)19-9-5-7-15-6-3-4-8-18(15)19/h3-14,26H,1-2H3. The number of fused-ring (bicyclic) bond motifs is 1. The zero-order valence-corrected chi connectivity index (χ0v) is 17.6. The van der Waals surface area contributed by atoms with Gasteiger partial charge < -0.3 is 10.1 Å². The molecule has 156 valence electrons. The Morgan fingerprint density at radius 3 is 2.32 bits per heavy atom. The van der Waals surface area contributed by atoms with Gasteiger partial charge in [-0.1, -0.05) is 48.0 Å². The first-order valence-electron chi connectivity index (χ1n) is 9.71. The van der Waals surface area contributed by atoms with Crippen LogP contribution >= 0.6 is 11.6 Å². The van der Waals surface area contributed by atoms with Crippen LogP contribution in [0.15, 0.2) is 77.5 Å². The van der Waals surface area contributed by atoms with Gasteiger partial charge in [0.25, 0.3) is 11.8 Å². The number of benzene rings is 3. The van der Waals surface area contributed by atoms with Gasteiger partial charge in [0.15, 0.2) is 0 Å². The van der Waals surface area contributed by atoms with E-state index < -0.39 is 17.8 Å². The second-order valence-corrected chi connectivity index (χ2v) is 7.67. The molecule has 3 aromatic carbocycles. The Balaban J connectivity index is 1.60. The lowest BCUT2D eigenvalue weighted by Crippen LogP contribution is -2.32. The highest BCUT2D eigenvalue weighted by Gasteiger charge is 2.39. The molecule has 0 fully saturated rings. The molecule has 0 aliphatic carbocycles. The van der Waals surface area contributed by atoms with Gasteiger partial charge in [0.1, 0.15) is 10.7 Å². The van der Waals surface area contributed by atoms with Crippen LogP contribution in [-0.4, -0.2) is 23.9 Å². The van der Waals surface area contributed by atoms with Gasteiger partial charge in [-0.2, -0.15) is 0 Å². The van der Waals surface area contributed by atoms with Crippen molar-refractivity contribution in [2.45, 2.75) is 20.0 Å². The van der Waals surface area contributed by atoms with Gasteiger partial charge in [0.05, 0.1) is 17.4 Å². The van der Waals surface area contributed by atoms with Crippen molar-refractivity contribution in [3.63, 3.8) is 0 Å². The SMILES string of the molecule is CC(C)OC(=O)c1ccc(NC2=C(Cl)C(=O)N(c3cccc4ccccc34)C2=O)cc1. The van der Waals surface area contributed by atoms with Crippen LogP contribution in [0.2, 0.25) is 0 Å². The smallest absolute Gasteiger partial charge is 0.338 e. The second kappa shape index (κ2) is 8.24. The number of anilines is 2. The Bertz CT molecular complexity index is 1230. The fourth-order valence-corrected chi connectivity index (χ4v) is 3.56. The van der Waals surface area contributed by atoms with E-state index in [4.69, 9.17) is 16.3 Å². The molecule has 0 saturated heterocycles. The number of amides is 2. The van der Waals surface area contributed by atoms with Crippen LogP contribution in [-0.2, 0) is 14.3 Å². The van der Waals surface area contributed by atoms with Crippen LogP contribution in [0, 0.1) is 0 Å². The Hall–Kier alpha value is -3.64. The minimum atomic E-state index is -0.595. The summed E-state index contributed by atoms with van der Waals surface area (Å²) in [5.41, 5.74) is 1.34. The number of ether oxygens (including phenoxy) is 1. The second-order valence-electron chi connectivity index (χ2n) is 7.29. The summed E-state index contributed by atoms with van der Waals surface area (Å²) in [4.78, 5) is 39.0. The number of rotatable bonds is 5. The lowest BCUT2D eigenvalue weighted by Gasteiger charge is -2.17. The zero-order valence-electron chi connectivity index (χ0n) is 16.9. The molecule has 6 nitrogen and oxygen atoms in total. The van der Waals surface area contributed by atoms with Crippen LogP contribution in [0.4, 0.5) is 11.4 Å². The summed E-state index contributed by atoms with van der Waals surface area (Å²) in [5, 5.41) is 4.39. The van der Waals surface area contributed by atoms with E-state index in [0.717, 1.165) is 15.7 Å². The number of esters is 1. The van der Waals surface area contributed by atoms with Gasteiger partial charge in [-0.05, 0) is 49.6 Å². The number of nitrogens with zero attached hydrogens (tertiary/aromatic N) is 1. The average molecular weight is 435 g/mol. The van der Waals surface area contributed by atoms with Gasteiger partial charge in [0.2, 0.25) is 0 Å². The van der Waals surface area contributed by atoms with Gasteiger partial charge in [-0.3, -0.25) is 9.59 Å². The van der Waals surface area contributed by atoms with Crippen LogP contribution in [0.25, 0.3) is 10.8 Å². The molecular formula is C24H19ClN2O4. The van der Waals surface area contributed by atoms with Crippen molar-refractivity contribution in [1.82, 2.24) is 0 Å². The van der Waals surface area contributed by atoms with Crippen molar-refractivity contribution in [3.05, 3.63) is 83.0 Å². The molecule has 0 bridgehead atoms. The van der Waals surface area contributed by atoms with E-state index in [1.165, 1.54) is 0 Å². The summed E-state index contributed by atoms with van der Waals surface area (Å²) in [6.45, 7) is 3.54. The third-order valence-corrected chi connectivity index (χ3v) is 5.12. The summed E-state index contributed by atoms with van der Waals surface area (Å²) in [6.07, 6.45) is -0.226. The quantitative estimate of drug-likeness (QED) is 0.459. The zero-order chi connectivity index (χ0) is 22.1. The Morgan fingerprint density at radius 2 is 1.61 bits per heavy atom. The molecular weight excluding hydrogens is 416 g/mol. The molecule has 1 N–H and O–H groups in total. The molecule has 1 aliphatic rings. The molecule has 31 heavy (non-hydrogen) atoms. The molecule has 7 heteroatoms. The van der Waals surface area contributed by atoms with Crippen molar-refractivity contribution < 1.29 is 19.1 Å². The molecule has 4 rings (SSSR count). The lowest BCUT2D eigenvalue weighted by atomic mass is 10.1. The number of halogens is 1. The third-order valence-electron chi connectivity index (χ3n) is 4.77. The van der Waals surface area contributed by atoms with Crippen molar-refractivity contribution >= 4 is 51.5 Å². The summed E-state index contributed by atoms with van der Waals surface area (Å²) in [6, 6.07) is 19.3. The summed E-state index contributed by atoms with van der Waals surface area (Å²) in [7, 11) is 0. The van der Waals surface area contributed by atoms with E-state index in [1.54, 1.807) is 50.2 Å². The number of imide groups is 1. The molecule has 0 aromatic heterocycles. The number of carbonyl (C=O) groups is 3. The molecule has 0 unspecified atom stereocenters. The van der Waals surface area contributed by atoms with E-state index in [0.29, 0.717) is 16.9 Å². The molecule has 0 radical (unpaired) electrons. The highest BCUT2D eigenvalue weighted by Crippen LogP contribution is 2.34. The topological polar surface area (TPSA) is 75.7 Å². The minimum Gasteiger partial charge on any atom is -0.459 e. The normalized spacial score (nSPS) is 14.0. The Kier molecular flexibility index (Phi) is 5.48. The first-order chi connectivity index (χ1) is 14.9. The lowest BCUT2D eigenvalue weighted by molar-refractivity contribution is -0.120. The van der Waals surface area contributed by atoms with E-state index in [9.17, 15) is 14.4 Å². The van der Waals surface area contributed by atoms with Gasteiger partial charge in [0, 0.05) is 11.1 Å². The summed E-state index contributed by atoms with van der Waals surface area (Å²) < 4.78 is 5.16. The van der Waals surface area contributed by atoms with E-state index in [-0.39, 0.29) is 16.8 Å². The number of hydrogen-bond acceptors (Lipinski definition) is 5. The summed E-state index contributed by atoms with van der Waals surface area (Å²) >= 11 is 6.24. The fourth-order valence-electron chi connectivity index (χ4n) is 3.35. The molecule has 2 amide bonds. The average Bonchev–Trinajstić information content (AvgIpc) is 2.96. The monoisotopic (exact) mass is 434 g/mol. The largest absolute Gasteiger partial charge is 0.459 e. The predicted molar refractivity (Wildman–Crippen MR) is 120 cm³/mol. The molecule has 1 aliphatic heterocycles. The molecule has 0 saturated carbocycles.